The van der Waals surface area contributed by atoms with Gasteiger partial charge in [-0.05, 0) is 18.8 Å². The number of nitrogens with zero attached hydrogens (tertiary/aromatic N) is 2. The lowest BCUT2D eigenvalue weighted by Gasteiger charge is -2.12. The first-order valence-corrected chi connectivity index (χ1v) is 6.13. The third-order valence-electron chi connectivity index (χ3n) is 2.52. The Labute approximate surface area is 102 Å². The largest absolute Gasteiger partial charge is 0.396 e. The molecule has 0 saturated carbocycles. The van der Waals surface area contributed by atoms with Crippen LogP contribution in [-0.4, -0.2) is 28.2 Å². The summed E-state index contributed by atoms with van der Waals surface area (Å²) in [5.41, 5.74) is 5.72. The van der Waals surface area contributed by atoms with E-state index in [1.165, 1.54) is 0 Å². The molecular formula is C12H22N4O. The number of rotatable bonds is 7. The van der Waals surface area contributed by atoms with Gasteiger partial charge in [0.1, 0.15) is 17.5 Å². The minimum atomic E-state index is 0.218. The Morgan fingerprint density at radius 3 is 2.88 bits per heavy atom. The van der Waals surface area contributed by atoms with Crippen LogP contribution in [-0.2, 0) is 6.42 Å². The van der Waals surface area contributed by atoms with Crippen molar-refractivity contribution < 1.29 is 5.11 Å². The topological polar surface area (TPSA) is 84.1 Å². The Bertz CT molecular complexity index is 343. The quantitative estimate of drug-likeness (QED) is 0.669. The maximum absolute atomic E-state index is 8.82. The second-order valence-electron chi connectivity index (χ2n) is 4.34. The second kappa shape index (κ2) is 7.06. The maximum atomic E-state index is 8.82. The van der Waals surface area contributed by atoms with Gasteiger partial charge in [-0.2, -0.15) is 0 Å². The molecule has 0 fully saturated rings. The van der Waals surface area contributed by atoms with Crippen molar-refractivity contribution in [1.82, 2.24) is 9.97 Å². The fourth-order valence-corrected chi connectivity index (χ4v) is 1.54. The fourth-order valence-electron chi connectivity index (χ4n) is 1.54. The molecule has 1 atom stereocenters. The summed E-state index contributed by atoms with van der Waals surface area (Å²) >= 11 is 0. The van der Waals surface area contributed by atoms with Crippen LogP contribution in [0.5, 0.6) is 0 Å². The second-order valence-corrected chi connectivity index (χ2v) is 4.34. The van der Waals surface area contributed by atoms with Gasteiger partial charge in [0.2, 0.25) is 0 Å². The van der Waals surface area contributed by atoms with Crippen LogP contribution in [0.4, 0.5) is 11.6 Å². The number of hydrogen-bond acceptors (Lipinski definition) is 5. The average molecular weight is 238 g/mol. The Hall–Kier alpha value is -1.36. The van der Waals surface area contributed by atoms with Gasteiger partial charge in [0.05, 0.1) is 0 Å². The predicted molar refractivity (Wildman–Crippen MR) is 69.8 cm³/mol. The number of aliphatic hydroxyl groups is 1. The van der Waals surface area contributed by atoms with E-state index < -0.39 is 0 Å². The average Bonchev–Trinajstić information content (AvgIpc) is 2.26. The molecule has 0 bridgehead atoms. The summed E-state index contributed by atoms with van der Waals surface area (Å²) in [6.45, 7) is 5.17. The van der Waals surface area contributed by atoms with Crippen LogP contribution >= 0.6 is 0 Å². The SMILES string of the molecule is CCCc1nc(N)cc(NCC(C)CCO)n1. The van der Waals surface area contributed by atoms with Gasteiger partial charge in [0, 0.05) is 25.6 Å². The smallest absolute Gasteiger partial charge is 0.133 e. The van der Waals surface area contributed by atoms with E-state index in [1.807, 2.05) is 0 Å². The van der Waals surface area contributed by atoms with Crippen molar-refractivity contribution in [3.8, 4) is 0 Å². The van der Waals surface area contributed by atoms with E-state index in [0.29, 0.717) is 11.7 Å². The molecule has 0 aliphatic heterocycles. The highest BCUT2D eigenvalue weighted by molar-refractivity contribution is 5.44. The minimum absolute atomic E-state index is 0.218. The molecule has 0 saturated heterocycles. The van der Waals surface area contributed by atoms with E-state index in [-0.39, 0.29) is 6.61 Å². The highest BCUT2D eigenvalue weighted by Gasteiger charge is 2.04. The summed E-state index contributed by atoms with van der Waals surface area (Å²) in [4.78, 5) is 8.56. The number of hydrogen-bond donors (Lipinski definition) is 3. The molecule has 1 aromatic rings. The van der Waals surface area contributed by atoms with E-state index >= 15 is 0 Å². The number of aromatic nitrogens is 2. The molecule has 0 aliphatic carbocycles. The Morgan fingerprint density at radius 1 is 1.47 bits per heavy atom. The minimum Gasteiger partial charge on any atom is -0.396 e. The zero-order chi connectivity index (χ0) is 12.7. The lowest BCUT2D eigenvalue weighted by Crippen LogP contribution is -2.14. The van der Waals surface area contributed by atoms with Crippen molar-refractivity contribution in [2.45, 2.75) is 33.1 Å². The molecule has 5 heteroatoms. The molecule has 0 amide bonds. The van der Waals surface area contributed by atoms with Crippen LogP contribution < -0.4 is 11.1 Å². The first-order valence-electron chi connectivity index (χ1n) is 6.13. The number of aryl methyl sites for hydroxylation is 1. The van der Waals surface area contributed by atoms with E-state index in [2.05, 4.69) is 29.1 Å². The van der Waals surface area contributed by atoms with Gasteiger partial charge in [0.25, 0.3) is 0 Å². The third kappa shape index (κ3) is 4.99. The lowest BCUT2D eigenvalue weighted by atomic mass is 10.1. The summed E-state index contributed by atoms with van der Waals surface area (Å²) in [5, 5.41) is 12.0. The first kappa shape index (κ1) is 13.7. The zero-order valence-corrected chi connectivity index (χ0v) is 10.6. The predicted octanol–water partition coefficient (Wildman–Crippen LogP) is 1.44. The molecule has 0 aliphatic rings. The molecule has 1 heterocycles. The molecule has 0 aromatic carbocycles. The monoisotopic (exact) mass is 238 g/mol. The van der Waals surface area contributed by atoms with Crippen LogP contribution in [0.15, 0.2) is 6.07 Å². The molecule has 1 rings (SSSR count). The van der Waals surface area contributed by atoms with Gasteiger partial charge in [-0.15, -0.1) is 0 Å². The highest BCUT2D eigenvalue weighted by atomic mass is 16.3. The summed E-state index contributed by atoms with van der Waals surface area (Å²) in [6, 6.07) is 1.74. The summed E-state index contributed by atoms with van der Waals surface area (Å²) in [5.74, 6) is 2.46. The van der Waals surface area contributed by atoms with Crippen LogP contribution in [0.25, 0.3) is 0 Å². The van der Waals surface area contributed by atoms with Crippen LogP contribution in [0, 0.1) is 5.92 Å². The van der Waals surface area contributed by atoms with Crippen molar-refractivity contribution in [3.63, 3.8) is 0 Å². The molecule has 5 nitrogen and oxygen atoms in total. The van der Waals surface area contributed by atoms with E-state index in [1.54, 1.807) is 6.07 Å². The summed E-state index contributed by atoms with van der Waals surface area (Å²) in [6.07, 6.45) is 2.63. The van der Waals surface area contributed by atoms with Gasteiger partial charge < -0.3 is 16.2 Å². The Morgan fingerprint density at radius 2 is 2.24 bits per heavy atom. The molecule has 17 heavy (non-hydrogen) atoms. The van der Waals surface area contributed by atoms with E-state index in [9.17, 15) is 0 Å². The molecule has 1 aromatic heterocycles. The third-order valence-corrected chi connectivity index (χ3v) is 2.52. The van der Waals surface area contributed by atoms with Crippen LogP contribution in [0.2, 0.25) is 0 Å². The van der Waals surface area contributed by atoms with E-state index in [4.69, 9.17) is 10.8 Å². The van der Waals surface area contributed by atoms with Crippen LogP contribution in [0.3, 0.4) is 0 Å². The first-order chi connectivity index (χ1) is 8.15. The van der Waals surface area contributed by atoms with Crippen molar-refractivity contribution in [3.05, 3.63) is 11.9 Å². The number of aliphatic hydroxyl groups excluding tert-OH is 1. The van der Waals surface area contributed by atoms with Gasteiger partial charge >= 0.3 is 0 Å². The van der Waals surface area contributed by atoms with Gasteiger partial charge in [0.15, 0.2) is 0 Å². The van der Waals surface area contributed by atoms with E-state index in [0.717, 1.165) is 37.4 Å². The Balaban J connectivity index is 2.57. The molecule has 0 spiro atoms. The lowest BCUT2D eigenvalue weighted by molar-refractivity contribution is 0.266. The van der Waals surface area contributed by atoms with Gasteiger partial charge in [-0.3, -0.25) is 0 Å². The summed E-state index contributed by atoms with van der Waals surface area (Å²) < 4.78 is 0. The number of anilines is 2. The van der Waals surface area contributed by atoms with Crippen LogP contribution in [0.1, 0.15) is 32.5 Å². The Kier molecular flexibility index (Phi) is 5.69. The molecule has 4 N–H and O–H groups in total. The zero-order valence-electron chi connectivity index (χ0n) is 10.6. The van der Waals surface area contributed by atoms with Gasteiger partial charge in [-0.1, -0.05) is 13.8 Å². The number of nitrogen functional groups attached to an aromatic ring is 1. The van der Waals surface area contributed by atoms with Crippen molar-refractivity contribution in [2.24, 2.45) is 5.92 Å². The van der Waals surface area contributed by atoms with Gasteiger partial charge in [-0.25, -0.2) is 9.97 Å². The normalized spacial score (nSPS) is 12.4. The molecular weight excluding hydrogens is 216 g/mol. The van der Waals surface area contributed by atoms with Crippen molar-refractivity contribution in [2.75, 3.05) is 24.2 Å². The number of nitrogens with one attached hydrogen (secondary N) is 1. The molecule has 0 radical (unpaired) electrons. The fraction of sp³-hybridized carbons (Fsp3) is 0.667. The molecule has 1 unspecified atom stereocenters. The standard InChI is InChI=1S/C12H22N4O/c1-3-4-11-15-10(13)7-12(16-11)14-8-9(2)5-6-17/h7,9,17H,3-6,8H2,1-2H3,(H3,13,14,15,16). The molecule has 96 valence electrons. The van der Waals surface area contributed by atoms with Crippen molar-refractivity contribution >= 4 is 11.6 Å². The maximum Gasteiger partial charge on any atom is 0.133 e. The number of nitrogens with two attached hydrogens (primary N) is 1. The van der Waals surface area contributed by atoms with Crippen molar-refractivity contribution in [1.29, 1.82) is 0 Å². The summed E-state index contributed by atoms with van der Waals surface area (Å²) in [7, 11) is 0. The highest BCUT2D eigenvalue weighted by Crippen LogP contribution is 2.11.